The third kappa shape index (κ3) is 3.07. The standard InChI is InChI=1S/C15H21N3S/c16-14(15-7-4-10-19-15)11-12-8-9-18(17-12)13-5-2-1-3-6-13/h4,7-10,13-14H,1-3,5-6,11,16H2. The highest BCUT2D eigenvalue weighted by atomic mass is 32.1. The molecule has 2 aromatic rings. The maximum Gasteiger partial charge on any atom is 0.0643 e. The van der Waals surface area contributed by atoms with Crippen LogP contribution in [-0.4, -0.2) is 9.78 Å². The lowest BCUT2D eigenvalue weighted by molar-refractivity contribution is 0.328. The predicted molar refractivity (Wildman–Crippen MR) is 79.3 cm³/mol. The number of hydrogen-bond donors (Lipinski definition) is 1. The van der Waals surface area contributed by atoms with Crippen molar-refractivity contribution in [1.82, 2.24) is 9.78 Å². The molecule has 1 unspecified atom stereocenters. The van der Waals surface area contributed by atoms with E-state index in [9.17, 15) is 0 Å². The Balaban J connectivity index is 1.64. The van der Waals surface area contributed by atoms with E-state index < -0.39 is 0 Å². The molecule has 3 rings (SSSR count). The first-order chi connectivity index (χ1) is 9.33. The number of rotatable bonds is 4. The number of thiophene rings is 1. The van der Waals surface area contributed by atoms with Gasteiger partial charge >= 0.3 is 0 Å². The Kier molecular flexibility index (Phi) is 3.99. The normalized spacial score (nSPS) is 18.6. The maximum atomic E-state index is 6.22. The van der Waals surface area contributed by atoms with Crippen LogP contribution in [-0.2, 0) is 6.42 Å². The summed E-state index contributed by atoms with van der Waals surface area (Å²) in [6.45, 7) is 0. The molecule has 2 heterocycles. The fraction of sp³-hybridized carbons (Fsp3) is 0.533. The summed E-state index contributed by atoms with van der Waals surface area (Å²) in [6.07, 6.45) is 9.58. The summed E-state index contributed by atoms with van der Waals surface area (Å²) >= 11 is 1.73. The molecule has 0 aromatic carbocycles. The molecule has 3 nitrogen and oxygen atoms in total. The first-order valence-corrected chi connectivity index (χ1v) is 8.04. The van der Waals surface area contributed by atoms with Gasteiger partial charge < -0.3 is 5.73 Å². The largest absolute Gasteiger partial charge is 0.323 e. The Bertz CT molecular complexity index is 497. The second-order valence-electron chi connectivity index (χ2n) is 5.40. The van der Waals surface area contributed by atoms with Crippen molar-refractivity contribution in [3.63, 3.8) is 0 Å². The van der Waals surface area contributed by atoms with Crippen LogP contribution >= 0.6 is 11.3 Å². The average molecular weight is 275 g/mol. The molecule has 0 bridgehead atoms. The Hall–Kier alpha value is -1.13. The van der Waals surface area contributed by atoms with Crippen LogP contribution in [0.1, 0.15) is 54.8 Å². The highest BCUT2D eigenvalue weighted by Gasteiger charge is 2.17. The minimum Gasteiger partial charge on any atom is -0.323 e. The Labute approximate surface area is 118 Å². The van der Waals surface area contributed by atoms with Gasteiger partial charge in [-0.3, -0.25) is 4.68 Å². The first kappa shape index (κ1) is 12.9. The highest BCUT2D eigenvalue weighted by Crippen LogP contribution is 2.28. The van der Waals surface area contributed by atoms with Gasteiger partial charge in [-0.15, -0.1) is 11.3 Å². The molecule has 2 aromatic heterocycles. The van der Waals surface area contributed by atoms with E-state index in [1.165, 1.54) is 37.0 Å². The van der Waals surface area contributed by atoms with Crippen LogP contribution in [0.25, 0.3) is 0 Å². The molecule has 19 heavy (non-hydrogen) atoms. The summed E-state index contributed by atoms with van der Waals surface area (Å²) in [6, 6.07) is 6.98. The van der Waals surface area contributed by atoms with Crippen LogP contribution in [0, 0.1) is 0 Å². The molecule has 0 aliphatic heterocycles. The second-order valence-corrected chi connectivity index (χ2v) is 6.38. The van der Waals surface area contributed by atoms with Crippen molar-refractivity contribution < 1.29 is 0 Å². The number of aromatic nitrogens is 2. The fourth-order valence-electron chi connectivity index (χ4n) is 2.86. The van der Waals surface area contributed by atoms with Gasteiger partial charge in [0.25, 0.3) is 0 Å². The van der Waals surface area contributed by atoms with Gasteiger partial charge in [0.2, 0.25) is 0 Å². The van der Waals surface area contributed by atoms with Gasteiger partial charge in [-0.05, 0) is 30.4 Å². The van der Waals surface area contributed by atoms with Crippen molar-refractivity contribution in [1.29, 1.82) is 0 Å². The van der Waals surface area contributed by atoms with Crippen molar-refractivity contribution >= 4 is 11.3 Å². The van der Waals surface area contributed by atoms with E-state index in [-0.39, 0.29) is 6.04 Å². The molecule has 1 aliphatic carbocycles. The van der Waals surface area contributed by atoms with E-state index in [1.54, 1.807) is 11.3 Å². The summed E-state index contributed by atoms with van der Waals surface area (Å²) in [5, 5.41) is 6.80. The maximum absolute atomic E-state index is 6.22. The van der Waals surface area contributed by atoms with E-state index in [1.807, 2.05) is 0 Å². The predicted octanol–water partition coefficient (Wildman–Crippen LogP) is 3.69. The number of nitrogens with two attached hydrogens (primary N) is 1. The SMILES string of the molecule is NC(Cc1ccn(C2CCCCC2)n1)c1cccs1. The summed E-state index contributed by atoms with van der Waals surface area (Å²) in [5.41, 5.74) is 7.34. The molecule has 0 amide bonds. The molecule has 4 heteroatoms. The second kappa shape index (κ2) is 5.88. The monoisotopic (exact) mass is 275 g/mol. The Morgan fingerprint density at radius 1 is 1.32 bits per heavy atom. The van der Waals surface area contributed by atoms with Crippen LogP contribution < -0.4 is 5.73 Å². The summed E-state index contributed by atoms with van der Waals surface area (Å²) in [5.74, 6) is 0. The molecule has 2 N–H and O–H groups in total. The van der Waals surface area contributed by atoms with Gasteiger partial charge in [0.1, 0.15) is 0 Å². The van der Waals surface area contributed by atoms with E-state index in [2.05, 4.69) is 34.5 Å². The van der Waals surface area contributed by atoms with E-state index in [4.69, 9.17) is 10.8 Å². The van der Waals surface area contributed by atoms with E-state index >= 15 is 0 Å². The number of nitrogens with zero attached hydrogens (tertiary/aromatic N) is 2. The van der Waals surface area contributed by atoms with Crippen molar-refractivity contribution in [3.05, 3.63) is 40.3 Å². The molecule has 1 atom stereocenters. The zero-order chi connectivity index (χ0) is 13.1. The lowest BCUT2D eigenvalue weighted by Gasteiger charge is -2.21. The lowest BCUT2D eigenvalue weighted by atomic mass is 9.96. The van der Waals surface area contributed by atoms with Gasteiger partial charge in [-0.1, -0.05) is 25.3 Å². The summed E-state index contributed by atoms with van der Waals surface area (Å²) < 4.78 is 2.16. The molecule has 102 valence electrons. The molecule has 0 radical (unpaired) electrons. The third-order valence-electron chi connectivity index (χ3n) is 3.95. The van der Waals surface area contributed by atoms with Crippen molar-refractivity contribution in [2.45, 2.75) is 50.6 Å². The molecule has 1 saturated carbocycles. The minimum atomic E-state index is 0.0784. The Morgan fingerprint density at radius 3 is 2.89 bits per heavy atom. The van der Waals surface area contributed by atoms with Crippen LogP contribution in [0.4, 0.5) is 0 Å². The zero-order valence-corrected chi connectivity index (χ0v) is 12.0. The molecule has 1 fully saturated rings. The minimum absolute atomic E-state index is 0.0784. The molecular weight excluding hydrogens is 254 g/mol. The third-order valence-corrected chi connectivity index (χ3v) is 4.95. The van der Waals surface area contributed by atoms with Crippen LogP contribution in [0.5, 0.6) is 0 Å². The van der Waals surface area contributed by atoms with Gasteiger partial charge in [0.15, 0.2) is 0 Å². The topological polar surface area (TPSA) is 43.8 Å². The van der Waals surface area contributed by atoms with Gasteiger partial charge in [0, 0.05) is 23.5 Å². The lowest BCUT2D eigenvalue weighted by Crippen LogP contribution is -2.15. The van der Waals surface area contributed by atoms with Gasteiger partial charge in [0.05, 0.1) is 11.7 Å². The van der Waals surface area contributed by atoms with Crippen LogP contribution in [0.3, 0.4) is 0 Å². The van der Waals surface area contributed by atoms with Crippen LogP contribution in [0.15, 0.2) is 29.8 Å². The number of hydrogen-bond acceptors (Lipinski definition) is 3. The smallest absolute Gasteiger partial charge is 0.0643 e. The average Bonchev–Trinajstić information content (AvgIpc) is 3.11. The van der Waals surface area contributed by atoms with Crippen LogP contribution in [0.2, 0.25) is 0 Å². The van der Waals surface area contributed by atoms with Gasteiger partial charge in [-0.2, -0.15) is 5.10 Å². The van der Waals surface area contributed by atoms with E-state index in [0.29, 0.717) is 6.04 Å². The summed E-state index contributed by atoms with van der Waals surface area (Å²) in [7, 11) is 0. The zero-order valence-electron chi connectivity index (χ0n) is 11.2. The first-order valence-electron chi connectivity index (χ1n) is 7.16. The van der Waals surface area contributed by atoms with Crippen molar-refractivity contribution in [2.24, 2.45) is 5.73 Å². The quantitative estimate of drug-likeness (QED) is 0.924. The highest BCUT2D eigenvalue weighted by molar-refractivity contribution is 7.10. The fourth-order valence-corrected chi connectivity index (χ4v) is 3.59. The molecular formula is C15H21N3S. The summed E-state index contributed by atoms with van der Waals surface area (Å²) in [4.78, 5) is 1.24. The molecule has 0 saturated heterocycles. The Morgan fingerprint density at radius 2 is 2.16 bits per heavy atom. The van der Waals surface area contributed by atoms with Crippen molar-refractivity contribution in [3.8, 4) is 0 Å². The molecule has 0 spiro atoms. The van der Waals surface area contributed by atoms with E-state index in [0.717, 1.165) is 12.1 Å². The van der Waals surface area contributed by atoms with Crippen molar-refractivity contribution in [2.75, 3.05) is 0 Å². The molecule has 1 aliphatic rings. The van der Waals surface area contributed by atoms with Gasteiger partial charge in [-0.25, -0.2) is 0 Å².